The van der Waals surface area contributed by atoms with Gasteiger partial charge < -0.3 is 0 Å². The van der Waals surface area contributed by atoms with E-state index < -0.39 is 43.7 Å². The van der Waals surface area contributed by atoms with E-state index in [0.29, 0.717) is 11.1 Å². The average molecular weight is 591 g/mol. The summed E-state index contributed by atoms with van der Waals surface area (Å²) in [5.74, 6) is -14.8. The Morgan fingerprint density at radius 1 is 0.553 bits per heavy atom. The van der Waals surface area contributed by atoms with Crippen LogP contribution in [0.25, 0.3) is 0 Å². The maximum atomic E-state index is 14.8. The summed E-state index contributed by atoms with van der Waals surface area (Å²) in [4.78, 5) is -0.412. The van der Waals surface area contributed by atoms with Gasteiger partial charge in [-0.2, -0.15) is 47.9 Å². The number of benzene rings is 3. The van der Waals surface area contributed by atoms with Crippen molar-refractivity contribution in [1.29, 1.82) is 0 Å². The summed E-state index contributed by atoms with van der Waals surface area (Å²) in [5.41, 5.74) is 1.23. The van der Waals surface area contributed by atoms with Crippen molar-refractivity contribution in [3.8, 4) is 0 Å². The van der Waals surface area contributed by atoms with Gasteiger partial charge in [0.25, 0.3) is 0 Å². The van der Waals surface area contributed by atoms with E-state index in [1.807, 2.05) is 0 Å². The van der Waals surface area contributed by atoms with Gasteiger partial charge in [0.2, 0.25) is 0 Å². The third-order valence-electron chi connectivity index (χ3n) is 5.40. The van der Waals surface area contributed by atoms with Gasteiger partial charge in [0.1, 0.15) is 0 Å². The first-order chi connectivity index (χ1) is 17.3. The number of aryl methyl sites for hydroxylation is 2. The summed E-state index contributed by atoms with van der Waals surface area (Å²) < 4.78 is 154. The molecule has 3 nitrogen and oxygen atoms in total. The normalized spacial score (nSPS) is 14.4. The molecule has 0 N–H and O–H groups in total. The van der Waals surface area contributed by atoms with Crippen LogP contribution in [0.5, 0.6) is 0 Å². The highest BCUT2D eigenvalue weighted by Crippen LogP contribution is 2.71. The highest BCUT2D eigenvalue weighted by Gasteiger charge is 2.86. The van der Waals surface area contributed by atoms with Crippen LogP contribution < -0.4 is 0 Å². The molecule has 0 unspecified atom stereocenters. The molecule has 0 fully saturated rings. The van der Waals surface area contributed by atoms with Gasteiger partial charge in [-0.05, 0) is 60.6 Å². The Balaban J connectivity index is 2.36. The van der Waals surface area contributed by atoms with Crippen molar-refractivity contribution in [3.63, 3.8) is 0 Å². The second-order valence-corrected chi connectivity index (χ2v) is 12.7. The number of rotatable bonds is 8. The van der Waals surface area contributed by atoms with Crippen LogP contribution >= 0.6 is 10.3 Å². The van der Waals surface area contributed by atoms with Gasteiger partial charge in [-0.1, -0.05) is 53.6 Å². The Bertz CT molecular complexity index is 1330. The molecule has 0 spiro atoms. The Hall–Kier alpha value is -2.71. The smallest absolute Gasteiger partial charge is 0.202 e. The lowest BCUT2D eigenvalue weighted by molar-refractivity contribution is -0.382. The van der Waals surface area contributed by atoms with E-state index in [9.17, 15) is 47.9 Å². The van der Waals surface area contributed by atoms with E-state index >= 15 is 0 Å². The minimum Gasteiger partial charge on any atom is -0.202 e. The van der Waals surface area contributed by atoms with Crippen molar-refractivity contribution >= 4 is 20.4 Å². The number of alkyl halides is 9. The molecule has 0 atom stereocenters. The number of hydrogen-bond acceptors (Lipinski definition) is 3. The van der Waals surface area contributed by atoms with Crippen LogP contribution in [0.1, 0.15) is 11.1 Å². The Morgan fingerprint density at radius 2 is 0.921 bits per heavy atom. The topological polar surface area (TPSA) is 43.4 Å². The van der Waals surface area contributed by atoms with Gasteiger partial charge in [-0.3, -0.25) is 0 Å². The summed E-state index contributed by atoms with van der Waals surface area (Å²) >= 11 is 0. The van der Waals surface area contributed by atoms with E-state index in [4.69, 9.17) is 3.63 Å². The lowest BCUT2D eigenvalue weighted by Gasteiger charge is -2.41. The molecule has 0 aliphatic carbocycles. The molecule has 0 bridgehead atoms. The van der Waals surface area contributed by atoms with E-state index in [-0.39, 0.29) is 14.7 Å². The molecule has 208 valence electrons. The second-order valence-electron chi connectivity index (χ2n) is 8.18. The summed E-state index contributed by atoms with van der Waals surface area (Å²) in [6, 6.07) is 17.3. The highest BCUT2D eigenvalue weighted by molar-refractivity contribution is 8.33. The molecule has 3 aromatic rings. The van der Waals surface area contributed by atoms with Crippen LogP contribution in [0.4, 0.5) is 39.5 Å². The maximum absolute atomic E-state index is 14.8. The molecular weight excluding hydrogens is 571 g/mol. The van der Waals surface area contributed by atoms with Crippen LogP contribution in [-0.2, 0) is 13.7 Å². The minimum atomic E-state index is -7.43. The van der Waals surface area contributed by atoms with Crippen molar-refractivity contribution in [2.75, 3.05) is 0 Å². The van der Waals surface area contributed by atoms with Gasteiger partial charge in [0.05, 0.1) is 0 Å². The van der Waals surface area contributed by atoms with Crippen molar-refractivity contribution in [2.45, 2.75) is 51.8 Å². The van der Waals surface area contributed by atoms with E-state index in [1.165, 1.54) is 78.9 Å². The summed E-state index contributed by atoms with van der Waals surface area (Å²) in [7, 11) is -11.2. The molecule has 0 aromatic heterocycles. The van der Waals surface area contributed by atoms with E-state index in [2.05, 4.69) is 0 Å². The number of hydrogen-bond donors (Lipinski definition) is 0. The molecule has 14 heteroatoms. The summed E-state index contributed by atoms with van der Waals surface area (Å²) in [5, 5.41) is -7.01. The lowest BCUT2D eigenvalue weighted by Crippen LogP contribution is -2.63. The lowest BCUT2D eigenvalue weighted by atomic mass is 10.1. The first kappa shape index (κ1) is 29.8. The number of halogens is 9. The van der Waals surface area contributed by atoms with Crippen LogP contribution in [0.2, 0.25) is 0 Å². The molecule has 3 rings (SSSR count). The molecule has 38 heavy (non-hydrogen) atoms. The molecule has 0 amide bonds. The zero-order valence-corrected chi connectivity index (χ0v) is 21.1. The predicted molar refractivity (Wildman–Crippen MR) is 122 cm³/mol. The molecule has 0 radical (unpaired) electrons. The van der Waals surface area contributed by atoms with Crippen LogP contribution in [0.15, 0.2) is 93.5 Å². The fourth-order valence-electron chi connectivity index (χ4n) is 3.29. The zero-order valence-electron chi connectivity index (χ0n) is 19.4. The van der Waals surface area contributed by atoms with Crippen LogP contribution in [0, 0.1) is 13.8 Å². The highest BCUT2D eigenvalue weighted by atomic mass is 32.3. The summed E-state index contributed by atoms with van der Waals surface area (Å²) in [6.45, 7) is 3.25. The Morgan fingerprint density at radius 3 is 1.29 bits per heavy atom. The third kappa shape index (κ3) is 4.77. The maximum Gasteiger partial charge on any atom is 0.460 e. The van der Waals surface area contributed by atoms with Crippen LogP contribution in [-0.4, -0.2) is 31.7 Å². The Labute approximate surface area is 213 Å². The van der Waals surface area contributed by atoms with Crippen LogP contribution in [0.3, 0.4) is 0 Å². The molecule has 0 aliphatic rings. The van der Waals surface area contributed by atoms with Crippen molar-refractivity contribution in [3.05, 3.63) is 90.0 Å². The molecule has 0 saturated carbocycles. The van der Waals surface area contributed by atoms with Crippen molar-refractivity contribution < 1.29 is 51.6 Å². The quantitative estimate of drug-likeness (QED) is 0.248. The molecule has 0 aliphatic heterocycles. The van der Waals surface area contributed by atoms with Gasteiger partial charge in [-0.15, -0.1) is 0 Å². The van der Waals surface area contributed by atoms with E-state index in [0.717, 1.165) is 0 Å². The first-order valence-electron chi connectivity index (χ1n) is 10.5. The fourth-order valence-corrected chi connectivity index (χ4v) is 8.49. The standard InChI is InChI=1S/C24H19F9O3S2/c1-16-8-12-19(13-9-16)37(18-6-4-3-5-7-18,20-14-10-17(2)11-15-20)36-38(34,35)24(32,33)22(27,28)21(25,26)23(29,30)31/h3-15H,1-2H3. The predicted octanol–water partition coefficient (Wildman–Crippen LogP) is 8.27. The average Bonchev–Trinajstić information content (AvgIpc) is 2.83. The monoisotopic (exact) mass is 590 g/mol. The van der Waals surface area contributed by atoms with E-state index in [1.54, 1.807) is 13.8 Å². The molecular formula is C24H19F9O3S2. The summed E-state index contributed by atoms with van der Waals surface area (Å²) in [6.07, 6.45) is -7.20. The SMILES string of the molecule is Cc1ccc(S(OS(=O)(=O)C(F)(F)C(F)(F)C(F)(F)C(F)(F)F)(c2ccccc2)c2ccc(C)cc2)cc1. The van der Waals surface area contributed by atoms with Crippen molar-refractivity contribution in [1.82, 2.24) is 0 Å². The third-order valence-corrected chi connectivity index (χ3v) is 10.6. The zero-order chi connectivity index (χ0) is 28.8. The largest absolute Gasteiger partial charge is 0.460 e. The molecule has 3 aromatic carbocycles. The molecule has 0 saturated heterocycles. The first-order valence-corrected chi connectivity index (χ1v) is 13.5. The van der Waals surface area contributed by atoms with Crippen molar-refractivity contribution in [2.24, 2.45) is 0 Å². The fraction of sp³-hybridized carbons (Fsp3) is 0.250. The van der Waals surface area contributed by atoms with Gasteiger partial charge in [-0.25, -0.2) is 3.63 Å². The Kier molecular flexibility index (Phi) is 7.69. The van der Waals surface area contributed by atoms with Gasteiger partial charge in [0.15, 0.2) is 0 Å². The second kappa shape index (κ2) is 9.79. The van der Waals surface area contributed by atoms with Gasteiger partial charge in [0, 0.05) is 14.7 Å². The van der Waals surface area contributed by atoms with Gasteiger partial charge >= 0.3 is 33.4 Å². The molecule has 0 heterocycles. The minimum absolute atomic E-state index is 0.136.